The van der Waals surface area contributed by atoms with Crippen molar-refractivity contribution in [3.63, 3.8) is 0 Å². The van der Waals surface area contributed by atoms with E-state index in [1.165, 1.54) is 11.3 Å². The summed E-state index contributed by atoms with van der Waals surface area (Å²) in [6.45, 7) is 8.89. The Labute approximate surface area is 119 Å². The van der Waals surface area contributed by atoms with Crippen LogP contribution >= 0.6 is 11.3 Å². The largest absolute Gasteiger partial charge is 0.384 e. The zero-order chi connectivity index (χ0) is 14.5. The summed E-state index contributed by atoms with van der Waals surface area (Å²) < 4.78 is 0. The van der Waals surface area contributed by atoms with Crippen LogP contribution < -0.4 is 5.32 Å². The predicted molar refractivity (Wildman–Crippen MR) is 79.4 cm³/mol. The molecule has 0 radical (unpaired) electrons. The maximum Gasteiger partial charge on any atom is 0.261 e. The first-order chi connectivity index (χ1) is 8.83. The standard InChI is InChI=1S/C15H21NO2S/c1-11-10-13(19-12(11)6-5-9-17)14(18)16-8-7-15(2,3)4/h10,17H,7-9H2,1-4H3,(H,16,18). The molecule has 1 rings (SSSR count). The van der Waals surface area contributed by atoms with Crippen molar-refractivity contribution in [3.05, 3.63) is 21.4 Å². The lowest BCUT2D eigenvalue weighted by Gasteiger charge is -2.17. The number of hydrogen-bond donors (Lipinski definition) is 2. The lowest BCUT2D eigenvalue weighted by atomic mass is 9.92. The molecule has 0 atom stereocenters. The number of carbonyl (C=O) groups excluding carboxylic acids is 1. The fourth-order valence-corrected chi connectivity index (χ4v) is 2.44. The molecule has 1 aromatic rings. The molecule has 0 aromatic carbocycles. The molecule has 0 aliphatic carbocycles. The van der Waals surface area contributed by atoms with Crippen LogP contribution in [0.15, 0.2) is 6.07 Å². The first kappa shape index (κ1) is 15.7. The molecule has 0 fully saturated rings. The number of carbonyl (C=O) groups is 1. The minimum Gasteiger partial charge on any atom is -0.384 e. The molecule has 2 N–H and O–H groups in total. The van der Waals surface area contributed by atoms with E-state index in [9.17, 15) is 4.79 Å². The summed E-state index contributed by atoms with van der Waals surface area (Å²) in [5.74, 6) is 5.41. The predicted octanol–water partition coefficient (Wildman–Crippen LogP) is 2.57. The highest BCUT2D eigenvalue weighted by molar-refractivity contribution is 7.14. The third-order valence-electron chi connectivity index (χ3n) is 2.58. The number of nitrogens with one attached hydrogen (secondary N) is 1. The van der Waals surface area contributed by atoms with Crippen LogP contribution in [-0.4, -0.2) is 24.2 Å². The fourth-order valence-electron chi connectivity index (χ4n) is 1.48. The van der Waals surface area contributed by atoms with E-state index in [4.69, 9.17) is 5.11 Å². The molecular formula is C15H21NO2S. The van der Waals surface area contributed by atoms with Crippen LogP contribution in [0.5, 0.6) is 0 Å². The van der Waals surface area contributed by atoms with Crippen LogP contribution in [0.2, 0.25) is 0 Å². The molecule has 3 nitrogen and oxygen atoms in total. The Morgan fingerprint density at radius 3 is 2.74 bits per heavy atom. The molecule has 0 aliphatic rings. The Morgan fingerprint density at radius 2 is 2.16 bits per heavy atom. The number of aryl methyl sites for hydroxylation is 1. The quantitative estimate of drug-likeness (QED) is 0.836. The van der Waals surface area contributed by atoms with Gasteiger partial charge in [-0.15, -0.1) is 11.3 Å². The molecule has 4 heteroatoms. The molecule has 0 spiro atoms. The highest BCUT2D eigenvalue weighted by atomic mass is 32.1. The summed E-state index contributed by atoms with van der Waals surface area (Å²) >= 11 is 1.37. The molecule has 0 saturated heterocycles. The number of aliphatic hydroxyl groups is 1. The van der Waals surface area contributed by atoms with Crippen molar-refractivity contribution in [3.8, 4) is 11.8 Å². The second-order valence-corrected chi connectivity index (χ2v) is 6.70. The molecule has 0 bridgehead atoms. The minimum atomic E-state index is -0.162. The van der Waals surface area contributed by atoms with Gasteiger partial charge in [-0.2, -0.15) is 0 Å². The SMILES string of the molecule is Cc1cc(C(=O)NCCC(C)(C)C)sc1C#CCO. The third kappa shape index (κ3) is 5.46. The zero-order valence-electron chi connectivity index (χ0n) is 12.0. The first-order valence-electron chi connectivity index (χ1n) is 6.32. The highest BCUT2D eigenvalue weighted by Crippen LogP contribution is 2.21. The van der Waals surface area contributed by atoms with Gasteiger partial charge in [0.1, 0.15) is 6.61 Å². The second-order valence-electron chi connectivity index (χ2n) is 5.65. The van der Waals surface area contributed by atoms with Crippen LogP contribution in [0.1, 0.15) is 47.3 Å². The summed E-state index contributed by atoms with van der Waals surface area (Å²) in [5, 5.41) is 11.6. The summed E-state index contributed by atoms with van der Waals surface area (Å²) in [5.41, 5.74) is 1.20. The first-order valence-corrected chi connectivity index (χ1v) is 7.13. The van der Waals surface area contributed by atoms with E-state index < -0.39 is 0 Å². The summed E-state index contributed by atoms with van der Waals surface area (Å²) in [6.07, 6.45) is 0.945. The van der Waals surface area contributed by atoms with Crippen LogP contribution in [0.3, 0.4) is 0 Å². The van der Waals surface area contributed by atoms with Gasteiger partial charge in [-0.1, -0.05) is 32.6 Å². The molecule has 0 aliphatic heterocycles. The summed E-state index contributed by atoms with van der Waals surface area (Å²) in [7, 11) is 0. The van der Waals surface area contributed by atoms with Gasteiger partial charge in [-0.25, -0.2) is 0 Å². The third-order valence-corrected chi connectivity index (χ3v) is 3.73. The maximum absolute atomic E-state index is 12.0. The fraction of sp³-hybridized carbons (Fsp3) is 0.533. The number of rotatable bonds is 3. The Balaban J connectivity index is 2.63. The van der Waals surface area contributed by atoms with Gasteiger partial charge >= 0.3 is 0 Å². The minimum absolute atomic E-state index is 0.0469. The molecule has 19 heavy (non-hydrogen) atoms. The van der Waals surface area contributed by atoms with E-state index >= 15 is 0 Å². The van der Waals surface area contributed by atoms with Gasteiger partial charge in [0.25, 0.3) is 5.91 Å². The molecule has 0 unspecified atom stereocenters. The Bertz CT molecular complexity index is 500. The molecular weight excluding hydrogens is 258 g/mol. The summed E-state index contributed by atoms with van der Waals surface area (Å²) in [6, 6.07) is 1.85. The van der Waals surface area contributed by atoms with Crippen molar-refractivity contribution < 1.29 is 9.90 Å². The van der Waals surface area contributed by atoms with Gasteiger partial charge in [0, 0.05) is 6.54 Å². The van der Waals surface area contributed by atoms with Crippen molar-refractivity contribution >= 4 is 17.2 Å². The van der Waals surface area contributed by atoms with Crippen molar-refractivity contribution in [2.45, 2.75) is 34.1 Å². The Hall–Kier alpha value is -1.31. The van der Waals surface area contributed by atoms with Gasteiger partial charge in [0.05, 0.1) is 9.75 Å². The van der Waals surface area contributed by atoms with E-state index in [2.05, 4.69) is 37.9 Å². The van der Waals surface area contributed by atoms with Crippen molar-refractivity contribution in [2.75, 3.05) is 13.2 Å². The van der Waals surface area contributed by atoms with E-state index in [1.807, 2.05) is 13.0 Å². The number of aliphatic hydroxyl groups excluding tert-OH is 1. The van der Waals surface area contributed by atoms with Gasteiger partial charge in [0.2, 0.25) is 0 Å². The van der Waals surface area contributed by atoms with Crippen LogP contribution in [-0.2, 0) is 0 Å². The second kappa shape index (κ2) is 6.74. The monoisotopic (exact) mass is 279 g/mol. The maximum atomic E-state index is 12.0. The molecule has 1 aromatic heterocycles. The Kier molecular flexibility index (Phi) is 5.59. The van der Waals surface area contributed by atoms with Gasteiger partial charge in [-0.05, 0) is 30.4 Å². The van der Waals surface area contributed by atoms with Gasteiger partial charge < -0.3 is 10.4 Å². The number of thiophene rings is 1. The van der Waals surface area contributed by atoms with Gasteiger partial charge in [0.15, 0.2) is 0 Å². The number of hydrogen-bond acceptors (Lipinski definition) is 3. The molecule has 104 valence electrons. The molecule has 0 saturated carbocycles. The van der Waals surface area contributed by atoms with Crippen LogP contribution in [0.4, 0.5) is 0 Å². The topological polar surface area (TPSA) is 49.3 Å². The lowest BCUT2D eigenvalue weighted by molar-refractivity contribution is 0.0953. The average molecular weight is 279 g/mol. The molecule has 1 heterocycles. The van der Waals surface area contributed by atoms with E-state index in [1.54, 1.807) is 0 Å². The van der Waals surface area contributed by atoms with Crippen LogP contribution in [0.25, 0.3) is 0 Å². The normalized spacial score (nSPS) is 10.8. The van der Waals surface area contributed by atoms with E-state index in [0.717, 1.165) is 16.9 Å². The smallest absolute Gasteiger partial charge is 0.261 e. The summed E-state index contributed by atoms with van der Waals surface area (Å²) in [4.78, 5) is 13.5. The number of amides is 1. The Morgan fingerprint density at radius 1 is 1.47 bits per heavy atom. The molecule has 1 amide bonds. The van der Waals surface area contributed by atoms with E-state index in [-0.39, 0.29) is 17.9 Å². The van der Waals surface area contributed by atoms with Crippen molar-refractivity contribution in [1.82, 2.24) is 5.32 Å². The zero-order valence-corrected chi connectivity index (χ0v) is 12.8. The van der Waals surface area contributed by atoms with Crippen molar-refractivity contribution in [1.29, 1.82) is 0 Å². The van der Waals surface area contributed by atoms with Gasteiger partial charge in [-0.3, -0.25) is 4.79 Å². The lowest BCUT2D eigenvalue weighted by Crippen LogP contribution is -2.26. The highest BCUT2D eigenvalue weighted by Gasteiger charge is 2.13. The van der Waals surface area contributed by atoms with E-state index in [0.29, 0.717) is 11.4 Å². The van der Waals surface area contributed by atoms with Crippen molar-refractivity contribution in [2.24, 2.45) is 5.41 Å². The van der Waals surface area contributed by atoms with Crippen LogP contribution in [0, 0.1) is 24.2 Å². The average Bonchev–Trinajstić information content (AvgIpc) is 2.66.